The van der Waals surface area contributed by atoms with E-state index in [2.05, 4.69) is 13.8 Å². The van der Waals surface area contributed by atoms with Crippen LogP contribution in [0.25, 0.3) is 0 Å². The molecule has 0 aliphatic heterocycles. The molecule has 0 spiro atoms. The smallest absolute Gasteiger partial charge is 0.309 e. The molecule has 0 saturated heterocycles. The highest BCUT2D eigenvalue weighted by Gasteiger charge is 2.26. The number of hydrogen-bond acceptors (Lipinski definition) is 3. The van der Waals surface area contributed by atoms with Gasteiger partial charge < -0.3 is 15.3 Å². The van der Waals surface area contributed by atoms with Gasteiger partial charge in [-0.1, -0.05) is 52.4 Å². The van der Waals surface area contributed by atoms with Crippen LogP contribution in [0.5, 0.6) is 0 Å². The van der Waals surface area contributed by atoms with E-state index in [9.17, 15) is 15.0 Å². The monoisotopic (exact) mass is 344 g/mol. The summed E-state index contributed by atoms with van der Waals surface area (Å²) in [5, 5.41) is 27.8. The van der Waals surface area contributed by atoms with Gasteiger partial charge in [-0.25, -0.2) is 0 Å². The number of rotatable bonds is 15. The topological polar surface area (TPSA) is 77.8 Å². The Labute approximate surface area is 148 Å². The Morgan fingerprint density at radius 1 is 0.833 bits per heavy atom. The fourth-order valence-electron chi connectivity index (χ4n) is 2.90. The second-order valence-electron chi connectivity index (χ2n) is 8.76. The van der Waals surface area contributed by atoms with Crippen molar-refractivity contribution >= 4 is 5.97 Å². The SMILES string of the molecule is CC(C)(CO)CCCCCC(CO)CCCCCC(C)(C)C(=O)O. The Balaban J connectivity index is 3.72. The summed E-state index contributed by atoms with van der Waals surface area (Å²) in [6.07, 6.45) is 10.3. The first-order chi connectivity index (χ1) is 11.1. The lowest BCUT2D eigenvalue weighted by molar-refractivity contribution is -0.147. The van der Waals surface area contributed by atoms with Gasteiger partial charge >= 0.3 is 5.97 Å². The number of aliphatic carboxylic acids is 1. The molecule has 0 heterocycles. The Hall–Kier alpha value is -0.610. The van der Waals surface area contributed by atoms with Crippen molar-refractivity contribution in [3.05, 3.63) is 0 Å². The lowest BCUT2D eigenvalue weighted by Gasteiger charge is -2.21. The number of hydrogen-bond donors (Lipinski definition) is 3. The molecule has 0 aromatic heterocycles. The van der Waals surface area contributed by atoms with Crippen LogP contribution in [0.15, 0.2) is 0 Å². The maximum atomic E-state index is 11.0. The van der Waals surface area contributed by atoms with Crippen LogP contribution in [0.1, 0.15) is 91.9 Å². The van der Waals surface area contributed by atoms with Crippen LogP contribution >= 0.6 is 0 Å². The molecule has 24 heavy (non-hydrogen) atoms. The van der Waals surface area contributed by atoms with E-state index in [1.807, 2.05) is 0 Å². The highest BCUT2D eigenvalue weighted by Crippen LogP contribution is 2.26. The molecule has 0 rings (SSSR count). The molecular weight excluding hydrogens is 304 g/mol. The maximum absolute atomic E-state index is 11.0. The lowest BCUT2D eigenvalue weighted by Crippen LogP contribution is -2.23. The van der Waals surface area contributed by atoms with Gasteiger partial charge in [-0.15, -0.1) is 0 Å². The summed E-state index contributed by atoms with van der Waals surface area (Å²) in [6, 6.07) is 0. The number of carboxylic acid groups (broad SMARTS) is 1. The van der Waals surface area contributed by atoms with E-state index in [-0.39, 0.29) is 18.6 Å². The maximum Gasteiger partial charge on any atom is 0.309 e. The second kappa shape index (κ2) is 11.9. The van der Waals surface area contributed by atoms with Crippen LogP contribution in [-0.4, -0.2) is 34.5 Å². The van der Waals surface area contributed by atoms with Crippen LogP contribution in [0.3, 0.4) is 0 Å². The fraction of sp³-hybridized carbons (Fsp3) is 0.950. The summed E-state index contributed by atoms with van der Waals surface area (Å²) < 4.78 is 0. The van der Waals surface area contributed by atoms with Gasteiger partial charge in [0, 0.05) is 13.2 Å². The number of unbranched alkanes of at least 4 members (excludes halogenated alkanes) is 4. The second-order valence-corrected chi connectivity index (χ2v) is 8.76. The van der Waals surface area contributed by atoms with Gasteiger partial charge in [0.25, 0.3) is 0 Å². The van der Waals surface area contributed by atoms with Crippen molar-refractivity contribution in [3.63, 3.8) is 0 Å². The molecule has 144 valence electrons. The van der Waals surface area contributed by atoms with Gasteiger partial charge in [0.2, 0.25) is 0 Å². The van der Waals surface area contributed by atoms with Crippen LogP contribution in [-0.2, 0) is 4.79 Å². The van der Waals surface area contributed by atoms with Gasteiger partial charge in [-0.3, -0.25) is 4.79 Å². The molecule has 1 unspecified atom stereocenters. The molecule has 0 aromatic carbocycles. The van der Waals surface area contributed by atoms with Crippen molar-refractivity contribution in [1.82, 2.24) is 0 Å². The summed E-state index contributed by atoms with van der Waals surface area (Å²) in [5.74, 6) is -0.344. The van der Waals surface area contributed by atoms with E-state index in [0.29, 0.717) is 12.3 Å². The van der Waals surface area contributed by atoms with Crippen molar-refractivity contribution in [2.75, 3.05) is 13.2 Å². The zero-order valence-electron chi connectivity index (χ0n) is 16.3. The molecule has 0 aromatic rings. The third kappa shape index (κ3) is 11.0. The van der Waals surface area contributed by atoms with Gasteiger partial charge in [0.1, 0.15) is 0 Å². The highest BCUT2D eigenvalue weighted by molar-refractivity contribution is 5.73. The predicted molar refractivity (Wildman–Crippen MR) is 99.0 cm³/mol. The lowest BCUT2D eigenvalue weighted by atomic mass is 9.86. The van der Waals surface area contributed by atoms with Crippen LogP contribution in [0.4, 0.5) is 0 Å². The molecule has 0 aliphatic rings. The van der Waals surface area contributed by atoms with Crippen molar-refractivity contribution in [2.24, 2.45) is 16.7 Å². The van der Waals surface area contributed by atoms with Gasteiger partial charge in [0.15, 0.2) is 0 Å². The zero-order valence-corrected chi connectivity index (χ0v) is 16.3. The Bertz CT molecular complexity index is 337. The van der Waals surface area contributed by atoms with E-state index in [1.54, 1.807) is 13.8 Å². The van der Waals surface area contributed by atoms with E-state index < -0.39 is 11.4 Å². The van der Waals surface area contributed by atoms with Gasteiger partial charge in [0.05, 0.1) is 5.41 Å². The standard InChI is InChI=1S/C20H40O4/c1-19(2,16-22)13-9-5-7-11-17(15-21)12-8-6-10-14-20(3,4)18(23)24/h17,21-22H,5-16H2,1-4H3,(H,23,24). The normalized spacial score (nSPS) is 13.9. The number of carbonyl (C=O) groups is 1. The van der Waals surface area contributed by atoms with E-state index in [1.165, 1.54) is 0 Å². The summed E-state index contributed by atoms with van der Waals surface area (Å²) in [6.45, 7) is 8.24. The molecule has 1 atom stereocenters. The minimum Gasteiger partial charge on any atom is -0.481 e. The summed E-state index contributed by atoms with van der Waals surface area (Å²) >= 11 is 0. The highest BCUT2D eigenvalue weighted by atomic mass is 16.4. The first-order valence-electron chi connectivity index (χ1n) is 9.60. The van der Waals surface area contributed by atoms with Crippen molar-refractivity contribution in [3.8, 4) is 0 Å². The summed E-state index contributed by atoms with van der Waals surface area (Å²) in [5.41, 5.74) is -0.598. The number of carboxylic acids is 1. The molecule has 0 radical (unpaired) electrons. The third-order valence-corrected chi connectivity index (χ3v) is 5.15. The first-order valence-corrected chi connectivity index (χ1v) is 9.60. The Morgan fingerprint density at radius 2 is 1.33 bits per heavy atom. The third-order valence-electron chi connectivity index (χ3n) is 5.15. The van der Waals surface area contributed by atoms with Crippen LogP contribution in [0.2, 0.25) is 0 Å². The van der Waals surface area contributed by atoms with E-state index in [4.69, 9.17) is 5.11 Å². The molecule has 0 fully saturated rings. The molecule has 0 aliphatic carbocycles. The van der Waals surface area contributed by atoms with Crippen molar-refractivity contribution in [1.29, 1.82) is 0 Å². The molecule has 0 bridgehead atoms. The molecule has 0 saturated carbocycles. The fourth-order valence-corrected chi connectivity index (χ4v) is 2.90. The van der Waals surface area contributed by atoms with Crippen LogP contribution < -0.4 is 0 Å². The minimum absolute atomic E-state index is 0.0279. The largest absolute Gasteiger partial charge is 0.481 e. The van der Waals surface area contributed by atoms with Crippen molar-refractivity contribution < 1.29 is 20.1 Å². The Kier molecular flexibility index (Phi) is 11.6. The molecular formula is C20H40O4. The van der Waals surface area contributed by atoms with Crippen LogP contribution in [0, 0.1) is 16.7 Å². The van der Waals surface area contributed by atoms with E-state index >= 15 is 0 Å². The van der Waals surface area contributed by atoms with Gasteiger partial charge in [-0.05, 0) is 50.9 Å². The summed E-state index contributed by atoms with van der Waals surface area (Å²) in [4.78, 5) is 11.0. The molecule has 4 heteroatoms. The zero-order chi connectivity index (χ0) is 18.6. The molecule has 4 nitrogen and oxygen atoms in total. The quantitative estimate of drug-likeness (QED) is 0.379. The molecule has 3 N–H and O–H groups in total. The van der Waals surface area contributed by atoms with Crippen molar-refractivity contribution in [2.45, 2.75) is 91.9 Å². The molecule has 0 amide bonds. The van der Waals surface area contributed by atoms with E-state index in [0.717, 1.165) is 57.8 Å². The predicted octanol–water partition coefficient (Wildman–Crippen LogP) is 4.63. The number of aliphatic hydroxyl groups is 2. The van der Waals surface area contributed by atoms with Gasteiger partial charge in [-0.2, -0.15) is 0 Å². The average Bonchev–Trinajstić information content (AvgIpc) is 2.51. The summed E-state index contributed by atoms with van der Waals surface area (Å²) in [7, 11) is 0. The minimum atomic E-state index is -0.722. The first kappa shape index (κ1) is 23.4. The Morgan fingerprint density at radius 3 is 1.75 bits per heavy atom. The number of aliphatic hydroxyl groups excluding tert-OH is 2. The average molecular weight is 345 g/mol.